The molecule has 1 heterocycles. The van der Waals surface area contributed by atoms with Crippen molar-refractivity contribution in [2.24, 2.45) is 0 Å². The lowest BCUT2D eigenvalue weighted by molar-refractivity contribution is -0.0236. The molecule has 0 radical (unpaired) electrons. The number of likely N-dealkylation sites (N-methyl/N-ethyl adjacent to an activating group) is 1. The van der Waals surface area contributed by atoms with Crippen molar-refractivity contribution in [3.05, 3.63) is 0 Å². The van der Waals surface area contributed by atoms with Crippen LogP contribution >= 0.6 is 0 Å². The van der Waals surface area contributed by atoms with E-state index in [0.29, 0.717) is 12.1 Å². The van der Waals surface area contributed by atoms with Gasteiger partial charge in [-0.25, -0.2) is 0 Å². The predicted molar refractivity (Wildman–Crippen MR) is 61.2 cm³/mol. The van der Waals surface area contributed by atoms with Gasteiger partial charge in [0.2, 0.25) is 0 Å². The number of nitrogens with zero attached hydrogens (tertiary/aromatic N) is 1. The van der Waals surface area contributed by atoms with Crippen LogP contribution in [0.2, 0.25) is 0 Å². The fourth-order valence-corrected chi connectivity index (χ4v) is 2.03. The van der Waals surface area contributed by atoms with Crippen molar-refractivity contribution in [3.8, 4) is 0 Å². The minimum absolute atomic E-state index is 0.364. The van der Waals surface area contributed by atoms with E-state index in [1.807, 2.05) is 0 Å². The SMILES string of the molecule is CCNC(COC)CN1CCOC(C)C1. The summed E-state index contributed by atoms with van der Waals surface area (Å²) < 4.78 is 10.7. The number of methoxy groups -OCH3 is 1. The van der Waals surface area contributed by atoms with Gasteiger partial charge in [-0.05, 0) is 13.5 Å². The first-order valence-corrected chi connectivity index (χ1v) is 5.82. The lowest BCUT2D eigenvalue weighted by Gasteiger charge is -2.33. The molecule has 90 valence electrons. The fraction of sp³-hybridized carbons (Fsp3) is 1.00. The third kappa shape index (κ3) is 4.93. The van der Waals surface area contributed by atoms with Crippen LogP contribution in [0, 0.1) is 0 Å². The Hall–Kier alpha value is -0.160. The maximum Gasteiger partial charge on any atom is 0.0674 e. The molecule has 0 aromatic rings. The largest absolute Gasteiger partial charge is 0.383 e. The van der Waals surface area contributed by atoms with Crippen LogP contribution in [-0.4, -0.2) is 63.5 Å². The predicted octanol–water partition coefficient (Wildman–Crippen LogP) is 0.332. The molecule has 1 saturated heterocycles. The van der Waals surface area contributed by atoms with E-state index in [1.54, 1.807) is 7.11 Å². The third-order valence-electron chi connectivity index (χ3n) is 2.66. The van der Waals surface area contributed by atoms with Crippen LogP contribution in [0.5, 0.6) is 0 Å². The number of ether oxygens (including phenoxy) is 2. The average Bonchev–Trinajstić information content (AvgIpc) is 2.18. The van der Waals surface area contributed by atoms with Crippen molar-refractivity contribution >= 4 is 0 Å². The normalized spacial score (nSPS) is 25.4. The summed E-state index contributed by atoms with van der Waals surface area (Å²) in [5.74, 6) is 0. The van der Waals surface area contributed by atoms with Crippen LogP contribution in [0.3, 0.4) is 0 Å². The zero-order chi connectivity index (χ0) is 11.1. The zero-order valence-electron chi connectivity index (χ0n) is 10.2. The zero-order valence-corrected chi connectivity index (χ0v) is 10.2. The van der Waals surface area contributed by atoms with Gasteiger partial charge in [0.05, 0.1) is 19.3 Å². The fourth-order valence-electron chi connectivity index (χ4n) is 2.03. The topological polar surface area (TPSA) is 33.7 Å². The van der Waals surface area contributed by atoms with Crippen LogP contribution in [0.25, 0.3) is 0 Å². The van der Waals surface area contributed by atoms with E-state index >= 15 is 0 Å². The first kappa shape index (κ1) is 12.9. The van der Waals surface area contributed by atoms with Gasteiger partial charge >= 0.3 is 0 Å². The van der Waals surface area contributed by atoms with Gasteiger partial charge in [0.1, 0.15) is 0 Å². The number of hydrogen-bond donors (Lipinski definition) is 1. The van der Waals surface area contributed by atoms with E-state index in [2.05, 4.69) is 24.1 Å². The molecule has 2 unspecified atom stereocenters. The van der Waals surface area contributed by atoms with Crippen LogP contribution in [0.15, 0.2) is 0 Å². The first-order valence-electron chi connectivity index (χ1n) is 5.82. The minimum Gasteiger partial charge on any atom is -0.383 e. The molecule has 4 nitrogen and oxygen atoms in total. The van der Waals surface area contributed by atoms with Crippen LogP contribution < -0.4 is 5.32 Å². The molecule has 0 aliphatic carbocycles. The quantitative estimate of drug-likeness (QED) is 0.694. The van der Waals surface area contributed by atoms with Gasteiger partial charge in [0.25, 0.3) is 0 Å². The standard InChI is InChI=1S/C11H24N2O2/c1-4-12-11(9-14-3)8-13-5-6-15-10(2)7-13/h10-12H,4-9H2,1-3H3. The van der Waals surface area contributed by atoms with Crippen LogP contribution in [0.4, 0.5) is 0 Å². The number of morpholine rings is 1. The Balaban J connectivity index is 2.28. The maximum atomic E-state index is 5.52. The van der Waals surface area contributed by atoms with Crippen molar-refractivity contribution in [2.75, 3.05) is 46.5 Å². The molecule has 0 bridgehead atoms. The molecule has 1 aliphatic rings. The molecule has 0 aromatic heterocycles. The second kappa shape index (κ2) is 7.17. The molecule has 1 aliphatic heterocycles. The molecule has 1 N–H and O–H groups in total. The number of hydrogen-bond acceptors (Lipinski definition) is 4. The highest BCUT2D eigenvalue weighted by Crippen LogP contribution is 2.05. The van der Waals surface area contributed by atoms with Gasteiger partial charge in [-0.3, -0.25) is 4.90 Å². The molecule has 0 saturated carbocycles. The van der Waals surface area contributed by atoms with Crippen molar-refractivity contribution in [1.29, 1.82) is 0 Å². The summed E-state index contributed by atoms with van der Waals surface area (Å²) in [6.07, 6.45) is 0.364. The molecule has 2 atom stereocenters. The Labute approximate surface area is 92.9 Å². The second-order valence-corrected chi connectivity index (χ2v) is 4.15. The summed E-state index contributed by atoms with van der Waals surface area (Å²) in [5, 5.41) is 3.44. The van der Waals surface area contributed by atoms with Gasteiger partial charge in [-0.1, -0.05) is 6.92 Å². The van der Waals surface area contributed by atoms with E-state index in [4.69, 9.17) is 9.47 Å². The number of nitrogens with one attached hydrogen (secondary N) is 1. The van der Waals surface area contributed by atoms with Crippen LogP contribution in [-0.2, 0) is 9.47 Å². The van der Waals surface area contributed by atoms with Gasteiger partial charge in [0, 0.05) is 32.8 Å². The monoisotopic (exact) mass is 216 g/mol. The molecule has 1 rings (SSSR count). The van der Waals surface area contributed by atoms with E-state index in [0.717, 1.165) is 39.4 Å². The lowest BCUT2D eigenvalue weighted by atomic mass is 10.2. The Morgan fingerprint density at radius 1 is 1.60 bits per heavy atom. The Morgan fingerprint density at radius 3 is 3.00 bits per heavy atom. The Bertz CT molecular complexity index is 158. The summed E-state index contributed by atoms with van der Waals surface area (Å²) in [6, 6.07) is 0.435. The van der Waals surface area contributed by atoms with Gasteiger partial charge in [0.15, 0.2) is 0 Å². The second-order valence-electron chi connectivity index (χ2n) is 4.15. The molecule has 0 aromatic carbocycles. The van der Waals surface area contributed by atoms with E-state index in [9.17, 15) is 0 Å². The molecule has 15 heavy (non-hydrogen) atoms. The highest BCUT2D eigenvalue weighted by Gasteiger charge is 2.19. The summed E-state index contributed by atoms with van der Waals surface area (Å²) in [4.78, 5) is 2.44. The minimum atomic E-state index is 0.364. The van der Waals surface area contributed by atoms with Gasteiger partial charge in [-0.2, -0.15) is 0 Å². The highest BCUT2D eigenvalue weighted by molar-refractivity contribution is 4.75. The van der Waals surface area contributed by atoms with Crippen molar-refractivity contribution in [2.45, 2.75) is 26.0 Å². The smallest absolute Gasteiger partial charge is 0.0674 e. The molecular formula is C11H24N2O2. The first-order chi connectivity index (χ1) is 7.26. The third-order valence-corrected chi connectivity index (χ3v) is 2.66. The van der Waals surface area contributed by atoms with Crippen molar-refractivity contribution in [1.82, 2.24) is 10.2 Å². The summed E-state index contributed by atoms with van der Waals surface area (Å²) in [5.41, 5.74) is 0. The van der Waals surface area contributed by atoms with Gasteiger partial charge in [-0.15, -0.1) is 0 Å². The maximum absolute atomic E-state index is 5.52. The molecule has 0 amide bonds. The lowest BCUT2D eigenvalue weighted by Crippen LogP contribution is -2.49. The van der Waals surface area contributed by atoms with Crippen LogP contribution in [0.1, 0.15) is 13.8 Å². The average molecular weight is 216 g/mol. The summed E-state index contributed by atoms with van der Waals surface area (Å²) >= 11 is 0. The molecule has 4 heteroatoms. The summed E-state index contributed by atoms with van der Waals surface area (Å²) in [6.45, 7) is 10.0. The van der Waals surface area contributed by atoms with E-state index < -0.39 is 0 Å². The molecule has 1 fully saturated rings. The summed E-state index contributed by atoms with van der Waals surface area (Å²) in [7, 11) is 1.76. The van der Waals surface area contributed by atoms with Crippen molar-refractivity contribution < 1.29 is 9.47 Å². The highest BCUT2D eigenvalue weighted by atomic mass is 16.5. The Morgan fingerprint density at radius 2 is 2.40 bits per heavy atom. The van der Waals surface area contributed by atoms with Crippen molar-refractivity contribution in [3.63, 3.8) is 0 Å². The number of rotatable bonds is 6. The van der Waals surface area contributed by atoms with E-state index in [-0.39, 0.29) is 0 Å². The Kier molecular flexibility index (Phi) is 6.17. The molecule has 0 spiro atoms. The van der Waals surface area contributed by atoms with E-state index in [1.165, 1.54) is 0 Å². The molecular weight excluding hydrogens is 192 g/mol. The van der Waals surface area contributed by atoms with Gasteiger partial charge < -0.3 is 14.8 Å².